The minimum atomic E-state index is -0.469. The Kier molecular flexibility index (Phi) is 4.50. The molecule has 0 aromatic heterocycles. The molecule has 0 atom stereocenters. The number of carbonyl (C=O) groups excluding carboxylic acids is 1. The second-order valence-electron chi connectivity index (χ2n) is 2.83. The van der Waals surface area contributed by atoms with Crippen molar-refractivity contribution in [2.24, 2.45) is 5.73 Å². The molecule has 3 N–H and O–H groups in total. The van der Waals surface area contributed by atoms with Gasteiger partial charge in [0.05, 0.1) is 10.7 Å². The van der Waals surface area contributed by atoms with Gasteiger partial charge in [0.15, 0.2) is 0 Å². The molecule has 1 aromatic carbocycles. The molecule has 0 fully saturated rings. The molecule has 0 bridgehead atoms. The molecule has 0 aliphatic rings. The van der Waals surface area contributed by atoms with Crippen molar-refractivity contribution in [2.45, 2.75) is 6.42 Å². The number of amides is 1. The van der Waals surface area contributed by atoms with E-state index in [0.717, 1.165) is 6.07 Å². The van der Waals surface area contributed by atoms with Crippen molar-refractivity contribution < 1.29 is 9.18 Å². The van der Waals surface area contributed by atoms with Gasteiger partial charge in [-0.25, -0.2) is 4.39 Å². The van der Waals surface area contributed by atoms with Gasteiger partial charge in [-0.05, 0) is 28.1 Å². The molecule has 15 heavy (non-hydrogen) atoms. The summed E-state index contributed by atoms with van der Waals surface area (Å²) in [5, 5.41) is 2.69. The van der Waals surface area contributed by atoms with Crippen LogP contribution in [0.25, 0.3) is 0 Å². The molecule has 82 valence electrons. The zero-order chi connectivity index (χ0) is 11.4. The first-order valence-electron chi connectivity index (χ1n) is 4.19. The molecular formula is C9H9BrClFN2O. The van der Waals surface area contributed by atoms with Crippen LogP contribution in [0.3, 0.4) is 0 Å². The number of hydrogen-bond acceptors (Lipinski definition) is 2. The Morgan fingerprint density at radius 2 is 2.27 bits per heavy atom. The van der Waals surface area contributed by atoms with E-state index in [-0.39, 0.29) is 23.9 Å². The van der Waals surface area contributed by atoms with Crippen molar-refractivity contribution in [3.8, 4) is 0 Å². The Morgan fingerprint density at radius 1 is 1.60 bits per heavy atom. The topological polar surface area (TPSA) is 55.1 Å². The van der Waals surface area contributed by atoms with E-state index in [1.165, 1.54) is 6.07 Å². The van der Waals surface area contributed by atoms with Gasteiger partial charge in [-0.3, -0.25) is 4.79 Å². The molecule has 3 nitrogen and oxygen atoms in total. The van der Waals surface area contributed by atoms with E-state index >= 15 is 0 Å². The van der Waals surface area contributed by atoms with E-state index in [4.69, 9.17) is 17.3 Å². The van der Waals surface area contributed by atoms with Crippen molar-refractivity contribution in [1.82, 2.24) is 0 Å². The summed E-state index contributed by atoms with van der Waals surface area (Å²) in [6, 6.07) is 2.36. The summed E-state index contributed by atoms with van der Waals surface area (Å²) in [5.41, 5.74) is 5.58. The van der Waals surface area contributed by atoms with E-state index in [2.05, 4.69) is 21.2 Å². The standard InChI is InChI=1S/C9H9BrClFN2O/c10-6-3-5(12)4-7(11)9(6)14-8(15)1-2-13/h3-4H,1-2,13H2,(H,14,15). The van der Waals surface area contributed by atoms with Gasteiger partial charge in [-0.15, -0.1) is 0 Å². The van der Waals surface area contributed by atoms with Gasteiger partial charge >= 0.3 is 0 Å². The monoisotopic (exact) mass is 294 g/mol. The number of halogens is 3. The highest BCUT2D eigenvalue weighted by Gasteiger charge is 2.10. The minimum Gasteiger partial charge on any atom is -0.330 e. The van der Waals surface area contributed by atoms with Crippen LogP contribution in [0.5, 0.6) is 0 Å². The molecule has 0 unspecified atom stereocenters. The van der Waals surface area contributed by atoms with E-state index in [1.807, 2.05) is 0 Å². The molecule has 0 heterocycles. The van der Waals surface area contributed by atoms with Crippen LogP contribution in [-0.4, -0.2) is 12.5 Å². The summed E-state index contributed by atoms with van der Waals surface area (Å²) in [5.74, 6) is -0.726. The third-order valence-electron chi connectivity index (χ3n) is 1.64. The number of nitrogens with two attached hydrogens (primary N) is 1. The SMILES string of the molecule is NCCC(=O)Nc1c(Cl)cc(F)cc1Br. The molecule has 0 saturated heterocycles. The van der Waals surface area contributed by atoms with E-state index < -0.39 is 5.82 Å². The maximum atomic E-state index is 12.8. The van der Waals surface area contributed by atoms with Gasteiger partial charge in [0, 0.05) is 17.4 Å². The average Bonchev–Trinajstić information content (AvgIpc) is 2.11. The fourth-order valence-electron chi connectivity index (χ4n) is 0.995. The molecule has 0 aliphatic heterocycles. The zero-order valence-electron chi connectivity index (χ0n) is 7.69. The third-order valence-corrected chi connectivity index (χ3v) is 2.57. The summed E-state index contributed by atoms with van der Waals surface area (Å²) in [7, 11) is 0. The first-order chi connectivity index (χ1) is 7.04. The lowest BCUT2D eigenvalue weighted by Crippen LogP contribution is -2.16. The molecule has 0 aliphatic carbocycles. The molecule has 0 saturated carbocycles. The minimum absolute atomic E-state index is 0.146. The second kappa shape index (κ2) is 5.44. The van der Waals surface area contributed by atoms with Gasteiger partial charge in [0.2, 0.25) is 5.91 Å². The lowest BCUT2D eigenvalue weighted by Gasteiger charge is -2.08. The van der Waals surface area contributed by atoms with Crippen molar-refractivity contribution in [3.05, 3.63) is 27.4 Å². The fourth-order valence-corrected chi connectivity index (χ4v) is 1.89. The summed E-state index contributed by atoms with van der Waals surface area (Å²) in [6.45, 7) is 0.252. The predicted molar refractivity (Wildman–Crippen MR) is 61.4 cm³/mol. The predicted octanol–water partition coefficient (Wildman–Crippen LogP) is 2.53. The Labute approximate surface area is 99.9 Å². The number of nitrogens with one attached hydrogen (secondary N) is 1. The van der Waals surface area contributed by atoms with E-state index in [1.54, 1.807) is 0 Å². The van der Waals surface area contributed by atoms with Crippen LogP contribution in [0.2, 0.25) is 5.02 Å². The van der Waals surface area contributed by atoms with Crippen molar-refractivity contribution in [2.75, 3.05) is 11.9 Å². The number of benzene rings is 1. The van der Waals surface area contributed by atoms with Crippen molar-refractivity contribution >= 4 is 39.1 Å². The Hall–Kier alpha value is -0.650. The zero-order valence-corrected chi connectivity index (χ0v) is 10.0. The highest BCUT2D eigenvalue weighted by molar-refractivity contribution is 9.10. The molecular weight excluding hydrogens is 286 g/mol. The summed E-state index contributed by atoms with van der Waals surface area (Å²) >= 11 is 8.87. The lowest BCUT2D eigenvalue weighted by atomic mass is 10.3. The van der Waals surface area contributed by atoms with Crippen LogP contribution in [0.15, 0.2) is 16.6 Å². The van der Waals surface area contributed by atoms with Crippen molar-refractivity contribution in [1.29, 1.82) is 0 Å². The number of carbonyl (C=O) groups is 1. The molecule has 1 rings (SSSR count). The van der Waals surface area contributed by atoms with Crippen LogP contribution in [0.1, 0.15) is 6.42 Å². The number of hydrogen-bond donors (Lipinski definition) is 2. The Balaban J connectivity index is 2.90. The van der Waals surface area contributed by atoms with Gasteiger partial charge in [0.1, 0.15) is 5.82 Å². The van der Waals surface area contributed by atoms with Crippen LogP contribution in [-0.2, 0) is 4.79 Å². The normalized spacial score (nSPS) is 10.1. The van der Waals surface area contributed by atoms with Gasteiger partial charge in [-0.1, -0.05) is 11.6 Å². The van der Waals surface area contributed by atoms with Crippen LogP contribution >= 0.6 is 27.5 Å². The third kappa shape index (κ3) is 3.44. The molecule has 0 spiro atoms. The van der Waals surface area contributed by atoms with Gasteiger partial charge in [0.25, 0.3) is 0 Å². The molecule has 0 radical (unpaired) electrons. The molecule has 1 amide bonds. The lowest BCUT2D eigenvalue weighted by molar-refractivity contribution is -0.116. The first kappa shape index (κ1) is 12.4. The largest absolute Gasteiger partial charge is 0.330 e. The van der Waals surface area contributed by atoms with Crippen LogP contribution in [0.4, 0.5) is 10.1 Å². The Bertz CT molecular complexity index is 363. The highest BCUT2D eigenvalue weighted by Crippen LogP contribution is 2.31. The second-order valence-corrected chi connectivity index (χ2v) is 4.09. The number of rotatable bonds is 3. The van der Waals surface area contributed by atoms with E-state index in [9.17, 15) is 9.18 Å². The quantitative estimate of drug-likeness (QED) is 0.900. The van der Waals surface area contributed by atoms with Gasteiger partial charge in [-0.2, -0.15) is 0 Å². The van der Waals surface area contributed by atoms with E-state index in [0.29, 0.717) is 10.2 Å². The molecule has 1 aromatic rings. The maximum absolute atomic E-state index is 12.8. The smallest absolute Gasteiger partial charge is 0.225 e. The maximum Gasteiger partial charge on any atom is 0.225 e. The summed E-state index contributed by atoms with van der Waals surface area (Å²) in [6.07, 6.45) is 0.195. The van der Waals surface area contributed by atoms with Crippen molar-refractivity contribution in [3.63, 3.8) is 0 Å². The number of anilines is 1. The summed E-state index contributed by atoms with van der Waals surface area (Å²) in [4.78, 5) is 11.2. The van der Waals surface area contributed by atoms with Crippen LogP contribution in [0, 0.1) is 5.82 Å². The fraction of sp³-hybridized carbons (Fsp3) is 0.222. The average molecular weight is 296 g/mol. The van der Waals surface area contributed by atoms with Crippen LogP contribution < -0.4 is 11.1 Å². The highest BCUT2D eigenvalue weighted by atomic mass is 79.9. The Morgan fingerprint density at radius 3 is 2.80 bits per heavy atom. The first-order valence-corrected chi connectivity index (χ1v) is 5.36. The molecule has 6 heteroatoms. The van der Waals surface area contributed by atoms with Gasteiger partial charge < -0.3 is 11.1 Å². The summed E-state index contributed by atoms with van der Waals surface area (Å²) < 4.78 is 13.2.